The van der Waals surface area contributed by atoms with Gasteiger partial charge in [-0.3, -0.25) is 4.79 Å². The van der Waals surface area contributed by atoms with Gasteiger partial charge in [-0.2, -0.15) is 0 Å². The number of allylic oxidation sites excluding steroid dienone is 2. The Kier molecular flexibility index (Phi) is 3.17. The van der Waals surface area contributed by atoms with E-state index in [1.54, 1.807) is 19.0 Å². The van der Waals surface area contributed by atoms with Gasteiger partial charge < -0.3 is 4.90 Å². The summed E-state index contributed by atoms with van der Waals surface area (Å²) in [6, 6.07) is 0. The number of carbonyl (C=O) groups excluding carboxylic acids is 1. The van der Waals surface area contributed by atoms with E-state index in [-0.39, 0.29) is 5.91 Å². The molecule has 1 aromatic rings. The SMILES string of the molecule is CN(C)C(=O)c1c(Cl)sc2c1=CCC=CC=2. The Morgan fingerprint density at radius 2 is 2.25 bits per heavy atom. The van der Waals surface area contributed by atoms with Crippen LogP contribution in [-0.2, 0) is 0 Å². The molecule has 0 fully saturated rings. The highest BCUT2D eigenvalue weighted by atomic mass is 35.5. The quantitative estimate of drug-likeness (QED) is 0.745. The summed E-state index contributed by atoms with van der Waals surface area (Å²) in [5.74, 6) is -0.0333. The zero-order chi connectivity index (χ0) is 11.7. The predicted molar refractivity (Wildman–Crippen MR) is 69.3 cm³/mol. The molecule has 0 bridgehead atoms. The van der Waals surface area contributed by atoms with Gasteiger partial charge in [0, 0.05) is 23.8 Å². The Hall–Kier alpha value is -1.06. The van der Waals surface area contributed by atoms with Crippen molar-refractivity contribution < 1.29 is 4.79 Å². The topological polar surface area (TPSA) is 20.3 Å². The van der Waals surface area contributed by atoms with Gasteiger partial charge in [-0.05, 0) is 12.5 Å². The Balaban J connectivity index is 2.70. The summed E-state index contributed by atoms with van der Waals surface area (Å²) >= 11 is 7.59. The second-order valence-electron chi connectivity index (χ2n) is 3.76. The van der Waals surface area contributed by atoms with Crippen molar-refractivity contribution in [2.24, 2.45) is 0 Å². The standard InChI is InChI=1S/C12H12ClNOS/c1-14(2)12(15)10-8-6-4-3-5-7-9(8)16-11(10)13/h3,5-7H,4H2,1-2H3. The van der Waals surface area contributed by atoms with Crippen LogP contribution in [0.3, 0.4) is 0 Å². The monoisotopic (exact) mass is 253 g/mol. The molecule has 2 rings (SSSR count). The van der Waals surface area contributed by atoms with Crippen LogP contribution in [0.1, 0.15) is 16.8 Å². The minimum absolute atomic E-state index is 0.0333. The summed E-state index contributed by atoms with van der Waals surface area (Å²) in [6.07, 6.45) is 8.95. The molecule has 0 aliphatic heterocycles. The molecule has 0 aromatic carbocycles. The minimum Gasteiger partial charge on any atom is -0.345 e. The zero-order valence-electron chi connectivity index (χ0n) is 9.16. The molecule has 4 heteroatoms. The highest BCUT2D eigenvalue weighted by Gasteiger charge is 2.17. The number of hydrogen-bond donors (Lipinski definition) is 0. The summed E-state index contributed by atoms with van der Waals surface area (Å²) in [7, 11) is 3.47. The van der Waals surface area contributed by atoms with Crippen molar-refractivity contribution in [1.82, 2.24) is 4.90 Å². The van der Waals surface area contributed by atoms with Crippen molar-refractivity contribution in [3.8, 4) is 0 Å². The molecule has 0 unspecified atom stereocenters. The van der Waals surface area contributed by atoms with Crippen molar-refractivity contribution >= 4 is 41.0 Å². The molecule has 0 saturated heterocycles. The largest absolute Gasteiger partial charge is 0.345 e. The first-order valence-corrected chi connectivity index (χ1v) is 6.17. The predicted octanol–water partition coefficient (Wildman–Crippen LogP) is 1.62. The number of rotatable bonds is 1. The number of thiophene rings is 1. The second kappa shape index (κ2) is 4.44. The second-order valence-corrected chi connectivity index (χ2v) is 5.42. The van der Waals surface area contributed by atoms with Gasteiger partial charge in [0.25, 0.3) is 5.91 Å². The number of fused-ring (bicyclic) bond motifs is 1. The maximum atomic E-state index is 12.0. The highest BCUT2D eigenvalue weighted by molar-refractivity contribution is 7.14. The lowest BCUT2D eigenvalue weighted by atomic mass is 10.2. The van der Waals surface area contributed by atoms with E-state index in [0.29, 0.717) is 9.90 Å². The van der Waals surface area contributed by atoms with Crippen molar-refractivity contribution in [2.45, 2.75) is 6.42 Å². The third kappa shape index (κ3) is 1.93. The number of carbonyl (C=O) groups is 1. The average Bonchev–Trinajstić information content (AvgIpc) is 2.41. The summed E-state index contributed by atoms with van der Waals surface area (Å²) in [4.78, 5) is 13.6. The van der Waals surface area contributed by atoms with Crippen LogP contribution in [0, 0.1) is 0 Å². The molecule has 84 valence electrons. The van der Waals surface area contributed by atoms with E-state index < -0.39 is 0 Å². The van der Waals surface area contributed by atoms with Crippen LogP contribution >= 0.6 is 22.9 Å². The van der Waals surface area contributed by atoms with Crippen molar-refractivity contribution in [3.63, 3.8) is 0 Å². The number of halogens is 1. The lowest BCUT2D eigenvalue weighted by Crippen LogP contribution is -2.30. The maximum Gasteiger partial charge on any atom is 0.256 e. The van der Waals surface area contributed by atoms with Gasteiger partial charge >= 0.3 is 0 Å². The average molecular weight is 254 g/mol. The van der Waals surface area contributed by atoms with Gasteiger partial charge in [0.05, 0.1) is 5.56 Å². The Bertz CT molecular complexity index is 569. The van der Waals surface area contributed by atoms with E-state index in [2.05, 4.69) is 12.2 Å². The highest BCUT2D eigenvalue weighted by Crippen LogP contribution is 2.17. The molecule has 1 aliphatic carbocycles. The van der Waals surface area contributed by atoms with Gasteiger partial charge in [-0.15, -0.1) is 11.3 Å². The van der Waals surface area contributed by atoms with Gasteiger partial charge in [0.2, 0.25) is 0 Å². The van der Waals surface area contributed by atoms with Crippen LogP contribution in [0.15, 0.2) is 12.2 Å². The normalized spacial score (nSPS) is 13.4. The van der Waals surface area contributed by atoms with Crippen LogP contribution < -0.4 is 9.75 Å². The van der Waals surface area contributed by atoms with E-state index in [1.807, 2.05) is 12.2 Å². The van der Waals surface area contributed by atoms with Crippen LogP contribution in [0.5, 0.6) is 0 Å². The molecule has 1 aromatic heterocycles. The van der Waals surface area contributed by atoms with E-state index in [0.717, 1.165) is 16.2 Å². The fraction of sp³-hybridized carbons (Fsp3) is 0.250. The molecule has 1 heterocycles. The first-order valence-electron chi connectivity index (χ1n) is 4.98. The first-order chi connectivity index (χ1) is 7.61. The molecule has 0 N–H and O–H groups in total. The summed E-state index contributed by atoms with van der Waals surface area (Å²) in [5, 5.41) is 0.971. The third-order valence-corrected chi connectivity index (χ3v) is 3.77. The van der Waals surface area contributed by atoms with Gasteiger partial charge in [0.15, 0.2) is 0 Å². The molecular formula is C12H12ClNOS. The van der Waals surface area contributed by atoms with Gasteiger partial charge in [0.1, 0.15) is 4.34 Å². The molecular weight excluding hydrogens is 242 g/mol. The molecule has 2 nitrogen and oxygen atoms in total. The number of amides is 1. The smallest absolute Gasteiger partial charge is 0.256 e. The van der Waals surface area contributed by atoms with E-state index in [1.165, 1.54) is 11.3 Å². The summed E-state index contributed by atoms with van der Waals surface area (Å²) in [6.45, 7) is 0. The summed E-state index contributed by atoms with van der Waals surface area (Å²) < 4.78 is 1.63. The molecule has 16 heavy (non-hydrogen) atoms. The van der Waals surface area contributed by atoms with Crippen molar-refractivity contribution in [1.29, 1.82) is 0 Å². The third-order valence-electron chi connectivity index (χ3n) is 2.39. The van der Waals surface area contributed by atoms with Crippen molar-refractivity contribution in [2.75, 3.05) is 14.1 Å². The van der Waals surface area contributed by atoms with Crippen LogP contribution in [0.4, 0.5) is 0 Å². The fourth-order valence-corrected chi connectivity index (χ4v) is 2.97. The van der Waals surface area contributed by atoms with Gasteiger partial charge in [-0.25, -0.2) is 0 Å². The molecule has 0 spiro atoms. The molecule has 0 radical (unpaired) electrons. The van der Waals surface area contributed by atoms with Gasteiger partial charge in [-0.1, -0.05) is 29.8 Å². The Morgan fingerprint density at radius 3 is 2.94 bits per heavy atom. The number of hydrogen-bond acceptors (Lipinski definition) is 2. The molecule has 1 aliphatic rings. The zero-order valence-corrected chi connectivity index (χ0v) is 10.7. The lowest BCUT2D eigenvalue weighted by Gasteiger charge is -2.09. The maximum absolute atomic E-state index is 12.0. The summed E-state index contributed by atoms with van der Waals surface area (Å²) in [5.41, 5.74) is 0.631. The Morgan fingerprint density at radius 1 is 1.50 bits per heavy atom. The minimum atomic E-state index is -0.0333. The lowest BCUT2D eigenvalue weighted by molar-refractivity contribution is 0.0827. The van der Waals surface area contributed by atoms with Crippen molar-refractivity contribution in [3.05, 3.63) is 31.8 Å². The van der Waals surface area contributed by atoms with Crippen LogP contribution in [0.25, 0.3) is 12.2 Å². The Labute approximate surface area is 103 Å². The fourth-order valence-electron chi connectivity index (χ4n) is 1.60. The number of nitrogens with zero attached hydrogens (tertiary/aromatic N) is 1. The van der Waals surface area contributed by atoms with Crippen LogP contribution in [0.2, 0.25) is 4.34 Å². The van der Waals surface area contributed by atoms with E-state index in [9.17, 15) is 4.79 Å². The first kappa shape index (κ1) is 11.4. The van der Waals surface area contributed by atoms with E-state index >= 15 is 0 Å². The van der Waals surface area contributed by atoms with Crippen LogP contribution in [-0.4, -0.2) is 24.9 Å². The molecule has 0 atom stereocenters. The molecule has 0 saturated carbocycles. The molecule has 1 amide bonds. The van der Waals surface area contributed by atoms with E-state index in [4.69, 9.17) is 11.6 Å².